The number of ether oxygens (including phenoxy) is 1. The molecule has 4 aromatic rings. The molecule has 0 saturated carbocycles. The van der Waals surface area contributed by atoms with Crippen LogP contribution < -0.4 is 15.4 Å². The first-order valence-corrected chi connectivity index (χ1v) is 10.6. The predicted octanol–water partition coefficient (Wildman–Crippen LogP) is 6.25. The smallest absolute Gasteiger partial charge is 0.257 e. The van der Waals surface area contributed by atoms with Crippen molar-refractivity contribution in [3.8, 4) is 17.2 Å². The quantitative estimate of drug-likeness (QED) is 0.333. The van der Waals surface area contributed by atoms with Crippen molar-refractivity contribution in [1.29, 1.82) is 0 Å². The fraction of sp³-hybridized carbons (Fsp3) is 0.0870. The Balaban J connectivity index is 1.48. The number of hydrogen-bond donors (Lipinski definition) is 2. The van der Waals surface area contributed by atoms with Crippen molar-refractivity contribution in [1.82, 2.24) is 10.3 Å². The molecule has 9 heteroatoms. The number of methoxy groups -OCH3 is 1. The number of rotatable bonds is 4. The summed E-state index contributed by atoms with van der Waals surface area (Å²) in [5.74, 6) is 0.375. The molecule has 3 aromatic carbocycles. The van der Waals surface area contributed by atoms with Crippen molar-refractivity contribution in [3.05, 3.63) is 75.8 Å². The van der Waals surface area contributed by atoms with Crippen LogP contribution in [0.25, 0.3) is 22.6 Å². The van der Waals surface area contributed by atoms with Gasteiger partial charge in [0.2, 0.25) is 5.89 Å². The van der Waals surface area contributed by atoms with Gasteiger partial charge in [0.05, 0.1) is 17.2 Å². The van der Waals surface area contributed by atoms with E-state index < -0.39 is 5.91 Å². The van der Waals surface area contributed by atoms with Crippen molar-refractivity contribution >= 4 is 63.2 Å². The number of thiocarbonyl (C=S) groups is 1. The Hall–Kier alpha value is -3.13. The molecule has 0 spiro atoms. The summed E-state index contributed by atoms with van der Waals surface area (Å²) < 4.78 is 11.0. The number of carbonyl (C=O) groups excluding carboxylic acids is 1. The maximum Gasteiger partial charge on any atom is 0.257 e. The zero-order valence-electron chi connectivity index (χ0n) is 17.0. The van der Waals surface area contributed by atoms with Crippen LogP contribution in [0.2, 0.25) is 10.0 Å². The van der Waals surface area contributed by atoms with Crippen LogP contribution in [-0.4, -0.2) is 23.1 Å². The van der Waals surface area contributed by atoms with Gasteiger partial charge >= 0.3 is 0 Å². The minimum absolute atomic E-state index is 0.111. The van der Waals surface area contributed by atoms with Gasteiger partial charge in [-0.3, -0.25) is 10.1 Å². The Bertz CT molecular complexity index is 1330. The van der Waals surface area contributed by atoms with Crippen LogP contribution in [0.15, 0.2) is 59.0 Å². The van der Waals surface area contributed by atoms with Crippen molar-refractivity contribution in [2.45, 2.75) is 6.92 Å². The Morgan fingerprint density at radius 3 is 2.53 bits per heavy atom. The molecule has 0 unspecified atom stereocenters. The summed E-state index contributed by atoms with van der Waals surface area (Å²) in [7, 11) is 1.45. The molecule has 0 saturated heterocycles. The molecule has 1 amide bonds. The molecule has 2 N–H and O–H groups in total. The summed E-state index contributed by atoms with van der Waals surface area (Å²) in [5.41, 5.74) is 4.22. The molecule has 0 atom stereocenters. The van der Waals surface area contributed by atoms with E-state index >= 15 is 0 Å². The molecule has 0 bridgehead atoms. The Morgan fingerprint density at radius 2 is 1.84 bits per heavy atom. The number of nitrogens with one attached hydrogen (secondary N) is 2. The van der Waals surface area contributed by atoms with E-state index in [0.717, 1.165) is 11.1 Å². The number of nitrogens with zero attached hydrogens (tertiary/aromatic N) is 1. The first-order valence-electron chi connectivity index (χ1n) is 9.47. The van der Waals surface area contributed by atoms with Gasteiger partial charge in [-0.05, 0) is 61.6 Å². The third kappa shape index (κ3) is 4.70. The van der Waals surface area contributed by atoms with E-state index in [4.69, 9.17) is 44.6 Å². The number of aromatic nitrogens is 1. The number of halogens is 2. The van der Waals surface area contributed by atoms with Crippen LogP contribution in [0.5, 0.6) is 5.75 Å². The summed E-state index contributed by atoms with van der Waals surface area (Å²) in [6.07, 6.45) is 0. The van der Waals surface area contributed by atoms with Gasteiger partial charge in [-0.2, -0.15) is 0 Å². The SMILES string of the molecule is COc1c(Cl)cc(C(=O)NC(=S)Nc2ccc3oc(-c4cccc(C)c4)nc3c2)cc1Cl. The summed E-state index contributed by atoms with van der Waals surface area (Å²) >= 11 is 17.5. The van der Waals surface area contributed by atoms with Gasteiger partial charge in [0.15, 0.2) is 16.4 Å². The second-order valence-electron chi connectivity index (χ2n) is 6.95. The first-order chi connectivity index (χ1) is 15.3. The lowest BCUT2D eigenvalue weighted by Crippen LogP contribution is -2.34. The molecule has 32 heavy (non-hydrogen) atoms. The van der Waals surface area contributed by atoms with Crippen molar-refractivity contribution < 1.29 is 13.9 Å². The highest BCUT2D eigenvalue weighted by atomic mass is 35.5. The van der Waals surface area contributed by atoms with Gasteiger partial charge in [-0.1, -0.05) is 40.9 Å². The summed E-state index contributed by atoms with van der Waals surface area (Å²) in [6.45, 7) is 2.01. The number of fused-ring (bicyclic) bond motifs is 1. The van der Waals surface area contributed by atoms with Gasteiger partial charge in [0, 0.05) is 16.8 Å². The molecule has 0 fully saturated rings. The third-order valence-corrected chi connectivity index (χ3v) is 5.37. The van der Waals surface area contributed by atoms with Gasteiger partial charge < -0.3 is 14.5 Å². The lowest BCUT2D eigenvalue weighted by molar-refractivity contribution is 0.0977. The molecule has 1 heterocycles. The summed E-state index contributed by atoms with van der Waals surface area (Å²) in [5, 5.41) is 6.14. The second-order valence-corrected chi connectivity index (χ2v) is 8.18. The van der Waals surface area contributed by atoms with E-state index in [1.54, 1.807) is 18.2 Å². The van der Waals surface area contributed by atoms with Crippen LogP contribution >= 0.6 is 35.4 Å². The Labute approximate surface area is 199 Å². The molecule has 0 radical (unpaired) electrons. The van der Waals surface area contributed by atoms with Crippen LogP contribution in [0.1, 0.15) is 15.9 Å². The summed E-state index contributed by atoms with van der Waals surface area (Å²) in [4.78, 5) is 17.1. The zero-order chi connectivity index (χ0) is 22.8. The fourth-order valence-corrected chi connectivity index (χ4v) is 3.98. The van der Waals surface area contributed by atoms with Crippen molar-refractivity contribution in [2.24, 2.45) is 0 Å². The molecule has 4 rings (SSSR count). The number of amides is 1. The molecular weight excluding hydrogens is 469 g/mol. The third-order valence-electron chi connectivity index (χ3n) is 4.60. The van der Waals surface area contributed by atoms with Gasteiger partial charge in [-0.15, -0.1) is 0 Å². The van der Waals surface area contributed by atoms with Gasteiger partial charge in [0.25, 0.3) is 5.91 Å². The largest absolute Gasteiger partial charge is 0.494 e. The van der Waals surface area contributed by atoms with E-state index in [0.29, 0.717) is 28.4 Å². The number of benzene rings is 3. The van der Waals surface area contributed by atoms with Crippen LogP contribution in [0.3, 0.4) is 0 Å². The minimum Gasteiger partial charge on any atom is -0.494 e. The summed E-state index contributed by atoms with van der Waals surface area (Å²) in [6, 6.07) is 16.2. The van der Waals surface area contributed by atoms with E-state index in [2.05, 4.69) is 15.6 Å². The number of oxazole rings is 1. The Morgan fingerprint density at radius 1 is 1.09 bits per heavy atom. The van der Waals surface area contributed by atoms with Gasteiger partial charge in [0.1, 0.15) is 5.52 Å². The molecule has 0 aliphatic heterocycles. The van der Waals surface area contributed by atoms with Crippen molar-refractivity contribution in [3.63, 3.8) is 0 Å². The van der Waals surface area contributed by atoms with Gasteiger partial charge in [-0.25, -0.2) is 4.98 Å². The molecule has 1 aromatic heterocycles. The van der Waals surface area contributed by atoms with E-state index in [1.807, 2.05) is 31.2 Å². The fourth-order valence-electron chi connectivity index (χ4n) is 3.13. The lowest BCUT2D eigenvalue weighted by atomic mass is 10.1. The predicted molar refractivity (Wildman–Crippen MR) is 131 cm³/mol. The average Bonchev–Trinajstić information content (AvgIpc) is 3.17. The van der Waals surface area contributed by atoms with E-state index in [9.17, 15) is 4.79 Å². The normalized spacial score (nSPS) is 10.8. The average molecular weight is 486 g/mol. The number of aryl methyl sites for hydroxylation is 1. The molecule has 0 aliphatic carbocycles. The van der Waals surface area contributed by atoms with Crippen molar-refractivity contribution in [2.75, 3.05) is 12.4 Å². The topological polar surface area (TPSA) is 76.4 Å². The number of hydrogen-bond acceptors (Lipinski definition) is 5. The molecule has 0 aliphatic rings. The lowest BCUT2D eigenvalue weighted by Gasteiger charge is -2.11. The first kappa shape index (κ1) is 22.1. The maximum absolute atomic E-state index is 12.5. The van der Waals surface area contributed by atoms with E-state index in [1.165, 1.54) is 19.2 Å². The highest BCUT2D eigenvalue weighted by Gasteiger charge is 2.15. The highest BCUT2D eigenvalue weighted by molar-refractivity contribution is 7.80. The standard InChI is InChI=1S/C23H17Cl2N3O3S/c1-12-4-3-5-13(8-12)22-27-18-11-15(6-7-19(18)31-22)26-23(32)28-21(29)14-9-16(24)20(30-2)17(25)10-14/h3-11H,1-2H3,(H2,26,28,29,32). The molecule has 162 valence electrons. The molecular formula is C23H17Cl2N3O3S. The second kappa shape index (κ2) is 9.16. The van der Waals surface area contributed by atoms with Crippen LogP contribution in [-0.2, 0) is 0 Å². The molecule has 6 nitrogen and oxygen atoms in total. The number of anilines is 1. The zero-order valence-corrected chi connectivity index (χ0v) is 19.4. The maximum atomic E-state index is 12.5. The van der Waals surface area contributed by atoms with E-state index in [-0.39, 0.29) is 20.7 Å². The number of carbonyl (C=O) groups is 1. The minimum atomic E-state index is -0.460. The Kier molecular flexibility index (Phi) is 6.32. The monoisotopic (exact) mass is 485 g/mol. The van der Waals surface area contributed by atoms with Crippen LogP contribution in [0, 0.1) is 6.92 Å². The highest BCUT2D eigenvalue weighted by Crippen LogP contribution is 2.33. The van der Waals surface area contributed by atoms with Crippen LogP contribution in [0.4, 0.5) is 5.69 Å².